The largest absolute Gasteiger partial charge is 0.293 e. The van der Waals surface area contributed by atoms with Gasteiger partial charge in [0, 0.05) is 6.42 Å². The third-order valence-electron chi connectivity index (χ3n) is 2.73. The number of nitrogens with one attached hydrogen (secondary N) is 1. The van der Waals surface area contributed by atoms with E-state index in [2.05, 4.69) is 10.5 Å². The lowest BCUT2D eigenvalue weighted by atomic mass is 10.1. The molecule has 3 nitrogen and oxygen atoms in total. The van der Waals surface area contributed by atoms with Crippen molar-refractivity contribution in [1.29, 1.82) is 0 Å². The number of para-hydroxylation sites is 1. The van der Waals surface area contributed by atoms with Gasteiger partial charge in [-0.05, 0) is 31.4 Å². The lowest BCUT2D eigenvalue weighted by Gasteiger charge is -2.03. The minimum atomic E-state index is 0.195. The van der Waals surface area contributed by atoms with Crippen LogP contribution in [-0.2, 0) is 4.79 Å². The van der Waals surface area contributed by atoms with E-state index in [9.17, 15) is 4.79 Å². The Hall–Kier alpha value is -1.64. The molecule has 3 heteroatoms. The third kappa shape index (κ3) is 2.92. The molecule has 1 aromatic carbocycles. The van der Waals surface area contributed by atoms with Gasteiger partial charge in [-0.3, -0.25) is 10.2 Å². The van der Waals surface area contributed by atoms with Gasteiger partial charge < -0.3 is 0 Å². The van der Waals surface area contributed by atoms with Crippen LogP contribution in [0.5, 0.6) is 0 Å². The molecule has 16 heavy (non-hydrogen) atoms. The number of benzene rings is 1. The van der Waals surface area contributed by atoms with Crippen molar-refractivity contribution in [3.8, 4) is 0 Å². The minimum absolute atomic E-state index is 0.195. The summed E-state index contributed by atoms with van der Waals surface area (Å²) in [5.74, 6) is 0.195. The molecule has 0 spiro atoms. The zero-order valence-electron chi connectivity index (χ0n) is 9.28. The lowest BCUT2D eigenvalue weighted by Crippen LogP contribution is -2.13. The highest BCUT2D eigenvalue weighted by molar-refractivity contribution is 6.40. The third-order valence-corrected chi connectivity index (χ3v) is 2.73. The van der Waals surface area contributed by atoms with Gasteiger partial charge in [-0.15, -0.1) is 0 Å². The molecule has 0 aromatic heterocycles. The average molecular weight is 216 g/mol. The topological polar surface area (TPSA) is 41.5 Å². The number of hydrogen-bond donors (Lipinski definition) is 1. The van der Waals surface area contributed by atoms with Gasteiger partial charge in [-0.25, -0.2) is 0 Å². The summed E-state index contributed by atoms with van der Waals surface area (Å²) in [5.41, 5.74) is 4.56. The molecule has 0 radical (unpaired) electrons. The zero-order chi connectivity index (χ0) is 11.2. The van der Waals surface area contributed by atoms with E-state index in [1.165, 1.54) is 0 Å². The van der Waals surface area contributed by atoms with Crippen LogP contribution in [-0.4, -0.2) is 11.5 Å². The zero-order valence-corrected chi connectivity index (χ0v) is 9.28. The van der Waals surface area contributed by atoms with Crippen molar-refractivity contribution in [1.82, 2.24) is 0 Å². The van der Waals surface area contributed by atoms with Crippen LogP contribution in [0.25, 0.3) is 0 Å². The number of carbonyl (C=O) groups excluding carboxylic acids is 1. The molecular formula is C13H16N2O. The van der Waals surface area contributed by atoms with Gasteiger partial charge in [-0.1, -0.05) is 24.6 Å². The summed E-state index contributed by atoms with van der Waals surface area (Å²) in [7, 11) is 0. The second kappa shape index (κ2) is 5.45. The van der Waals surface area contributed by atoms with Crippen LogP contribution < -0.4 is 5.43 Å². The fourth-order valence-corrected chi connectivity index (χ4v) is 1.80. The van der Waals surface area contributed by atoms with E-state index in [-0.39, 0.29) is 5.78 Å². The molecule has 0 atom stereocenters. The molecule has 1 fully saturated rings. The molecule has 84 valence electrons. The quantitative estimate of drug-likeness (QED) is 0.610. The Morgan fingerprint density at radius 2 is 1.75 bits per heavy atom. The maximum absolute atomic E-state index is 11.7. The van der Waals surface area contributed by atoms with Crippen LogP contribution in [0, 0.1) is 0 Å². The highest BCUT2D eigenvalue weighted by Gasteiger charge is 2.14. The Labute approximate surface area is 95.6 Å². The maximum Gasteiger partial charge on any atom is 0.178 e. The first-order chi connectivity index (χ1) is 7.86. The Balaban J connectivity index is 2.03. The van der Waals surface area contributed by atoms with E-state index in [4.69, 9.17) is 0 Å². The Morgan fingerprint density at radius 3 is 2.56 bits per heavy atom. The number of ketones is 1. The smallest absolute Gasteiger partial charge is 0.178 e. The van der Waals surface area contributed by atoms with E-state index in [0.29, 0.717) is 12.1 Å². The summed E-state index contributed by atoms with van der Waals surface area (Å²) >= 11 is 0. The molecule has 1 aromatic rings. The molecule has 0 amide bonds. The molecule has 2 rings (SSSR count). The summed E-state index contributed by atoms with van der Waals surface area (Å²) in [4.78, 5) is 11.7. The first-order valence-electron chi connectivity index (χ1n) is 5.77. The fraction of sp³-hybridized carbons (Fsp3) is 0.385. The predicted octanol–water partition coefficient (Wildman–Crippen LogP) is 2.99. The van der Waals surface area contributed by atoms with Crippen molar-refractivity contribution in [2.45, 2.75) is 32.1 Å². The second-order valence-electron chi connectivity index (χ2n) is 4.02. The van der Waals surface area contributed by atoms with Crippen LogP contribution in [0.1, 0.15) is 32.1 Å². The van der Waals surface area contributed by atoms with E-state index in [1.807, 2.05) is 30.3 Å². The number of carbonyl (C=O) groups is 1. The van der Waals surface area contributed by atoms with Gasteiger partial charge >= 0.3 is 0 Å². The highest BCUT2D eigenvalue weighted by Crippen LogP contribution is 2.13. The number of Topliss-reactive ketones (excluding diaryl/α,β-unsaturated/α-hetero) is 1. The highest BCUT2D eigenvalue weighted by atomic mass is 16.1. The van der Waals surface area contributed by atoms with Gasteiger partial charge in [0.05, 0.1) is 5.69 Å². The van der Waals surface area contributed by atoms with Crippen LogP contribution >= 0.6 is 0 Å². The van der Waals surface area contributed by atoms with Crippen molar-refractivity contribution in [2.24, 2.45) is 5.10 Å². The standard InChI is InChI=1S/C13H16N2O/c16-13-10-6-2-5-9-12(13)15-14-11-7-3-1-4-8-11/h1,3-4,7-8,14H,2,5-6,9-10H2/b15-12-. The number of hydrazone groups is 1. The number of nitrogens with zero attached hydrogens (tertiary/aromatic N) is 1. The molecule has 1 saturated carbocycles. The van der Waals surface area contributed by atoms with Crippen molar-refractivity contribution in [2.75, 3.05) is 5.43 Å². The number of anilines is 1. The van der Waals surface area contributed by atoms with E-state index >= 15 is 0 Å². The molecule has 1 aliphatic rings. The van der Waals surface area contributed by atoms with Gasteiger partial charge in [0.25, 0.3) is 0 Å². The van der Waals surface area contributed by atoms with Gasteiger partial charge in [-0.2, -0.15) is 5.10 Å². The summed E-state index contributed by atoms with van der Waals surface area (Å²) in [5, 5.41) is 4.21. The van der Waals surface area contributed by atoms with Crippen molar-refractivity contribution in [3.05, 3.63) is 30.3 Å². The Bertz CT molecular complexity index is 384. The average Bonchev–Trinajstić information content (AvgIpc) is 2.53. The molecule has 1 aliphatic carbocycles. The summed E-state index contributed by atoms with van der Waals surface area (Å²) in [6.07, 6.45) is 4.66. The van der Waals surface area contributed by atoms with Gasteiger partial charge in [0.2, 0.25) is 0 Å². The van der Waals surface area contributed by atoms with E-state index < -0.39 is 0 Å². The molecule has 1 N–H and O–H groups in total. The van der Waals surface area contributed by atoms with Crippen molar-refractivity contribution >= 4 is 17.2 Å². The van der Waals surface area contributed by atoms with Crippen LogP contribution in [0.2, 0.25) is 0 Å². The lowest BCUT2D eigenvalue weighted by molar-refractivity contribution is -0.113. The minimum Gasteiger partial charge on any atom is -0.293 e. The Kier molecular flexibility index (Phi) is 3.70. The first kappa shape index (κ1) is 10.9. The molecule has 0 unspecified atom stereocenters. The second-order valence-corrected chi connectivity index (χ2v) is 4.02. The maximum atomic E-state index is 11.7. The first-order valence-corrected chi connectivity index (χ1v) is 5.77. The van der Waals surface area contributed by atoms with Gasteiger partial charge in [0.1, 0.15) is 5.71 Å². The predicted molar refractivity (Wildman–Crippen MR) is 65.6 cm³/mol. The molecule has 0 heterocycles. The summed E-state index contributed by atoms with van der Waals surface area (Å²) in [6.45, 7) is 0. The Morgan fingerprint density at radius 1 is 1.00 bits per heavy atom. The normalized spacial score (nSPS) is 19.5. The number of rotatable bonds is 2. The van der Waals surface area contributed by atoms with Crippen molar-refractivity contribution < 1.29 is 4.79 Å². The molecule has 0 bridgehead atoms. The fourth-order valence-electron chi connectivity index (χ4n) is 1.80. The SMILES string of the molecule is O=C1CCCCC/C1=N/Nc1ccccc1. The monoisotopic (exact) mass is 216 g/mol. The molecular weight excluding hydrogens is 200 g/mol. The van der Waals surface area contributed by atoms with Crippen molar-refractivity contribution in [3.63, 3.8) is 0 Å². The number of hydrogen-bond acceptors (Lipinski definition) is 3. The van der Waals surface area contributed by atoms with Gasteiger partial charge in [0.15, 0.2) is 5.78 Å². The molecule has 0 aliphatic heterocycles. The van der Waals surface area contributed by atoms with Crippen LogP contribution in [0.15, 0.2) is 35.4 Å². The van der Waals surface area contributed by atoms with Crippen LogP contribution in [0.4, 0.5) is 5.69 Å². The van der Waals surface area contributed by atoms with E-state index in [1.54, 1.807) is 0 Å². The van der Waals surface area contributed by atoms with E-state index in [0.717, 1.165) is 31.4 Å². The molecule has 0 saturated heterocycles. The van der Waals surface area contributed by atoms with Crippen LogP contribution in [0.3, 0.4) is 0 Å². The summed E-state index contributed by atoms with van der Waals surface area (Å²) in [6, 6.07) is 9.71. The summed E-state index contributed by atoms with van der Waals surface area (Å²) < 4.78 is 0.